The van der Waals surface area contributed by atoms with E-state index in [4.69, 9.17) is 16.3 Å². The predicted octanol–water partition coefficient (Wildman–Crippen LogP) is 4.12. The van der Waals surface area contributed by atoms with Crippen LogP contribution >= 0.6 is 23.4 Å². The van der Waals surface area contributed by atoms with E-state index in [0.717, 1.165) is 16.9 Å². The van der Waals surface area contributed by atoms with Crippen molar-refractivity contribution in [2.24, 2.45) is 0 Å². The molecule has 1 aliphatic heterocycles. The summed E-state index contributed by atoms with van der Waals surface area (Å²) in [5.74, 6) is 1.50. The SMILES string of the molecule is COc1ccc(CN2C(=O)CSC2c2ccc(Cl)cc2)cc1. The lowest BCUT2D eigenvalue weighted by Crippen LogP contribution is -2.27. The van der Waals surface area contributed by atoms with Crippen LogP contribution in [0.1, 0.15) is 16.5 Å². The van der Waals surface area contributed by atoms with E-state index >= 15 is 0 Å². The first kappa shape index (κ1) is 15.3. The van der Waals surface area contributed by atoms with Crippen molar-refractivity contribution < 1.29 is 9.53 Å². The summed E-state index contributed by atoms with van der Waals surface area (Å²) in [7, 11) is 1.65. The minimum Gasteiger partial charge on any atom is -0.497 e. The highest BCUT2D eigenvalue weighted by Gasteiger charge is 2.32. The molecule has 0 saturated carbocycles. The maximum absolute atomic E-state index is 12.2. The summed E-state index contributed by atoms with van der Waals surface area (Å²) >= 11 is 7.60. The molecule has 3 nitrogen and oxygen atoms in total. The Morgan fingerprint density at radius 2 is 1.86 bits per heavy atom. The molecule has 1 saturated heterocycles. The number of carbonyl (C=O) groups excluding carboxylic acids is 1. The summed E-state index contributed by atoms with van der Waals surface area (Å²) < 4.78 is 5.16. The Morgan fingerprint density at radius 1 is 1.18 bits per heavy atom. The molecule has 0 spiro atoms. The summed E-state index contributed by atoms with van der Waals surface area (Å²) in [6.07, 6.45) is 0. The van der Waals surface area contributed by atoms with Gasteiger partial charge in [-0.25, -0.2) is 0 Å². The fourth-order valence-corrected chi connectivity index (χ4v) is 3.77. The molecule has 2 aromatic rings. The zero-order valence-corrected chi connectivity index (χ0v) is 13.7. The van der Waals surface area contributed by atoms with Crippen molar-refractivity contribution in [1.29, 1.82) is 0 Å². The van der Waals surface area contributed by atoms with Gasteiger partial charge < -0.3 is 9.64 Å². The lowest BCUT2D eigenvalue weighted by molar-refractivity contribution is -0.128. The molecule has 0 aliphatic carbocycles. The number of hydrogen-bond acceptors (Lipinski definition) is 3. The van der Waals surface area contributed by atoms with E-state index in [1.165, 1.54) is 0 Å². The summed E-state index contributed by atoms with van der Waals surface area (Å²) in [5.41, 5.74) is 2.20. The smallest absolute Gasteiger partial charge is 0.234 e. The number of ether oxygens (including phenoxy) is 1. The van der Waals surface area contributed by atoms with Gasteiger partial charge in [-0.1, -0.05) is 35.9 Å². The van der Waals surface area contributed by atoms with Gasteiger partial charge in [-0.3, -0.25) is 4.79 Å². The molecule has 1 amide bonds. The second-order valence-corrected chi connectivity index (χ2v) is 6.59. The first-order chi connectivity index (χ1) is 10.7. The molecular weight excluding hydrogens is 318 g/mol. The molecule has 2 aromatic carbocycles. The molecule has 1 unspecified atom stereocenters. The number of rotatable bonds is 4. The molecule has 0 aromatic heterocycles. The molecule has 3 rings (SSSR count). The van der Waals surface area contributed by atoms with Gasteiger partial charge in [0.05, 0.1) is 12.9 Å². The Kier molecular flexibility index (Phi) is 4.60. The molecule has 0 bridgehead atoms. The zero-order chi connectivity index (χ0) is 15.5. The quantitative estimate of drug-likeness (QED) is 0.842. The van der Waals surface area contributed by atoms with Crippen LogP contribution in [0.2, 0.25) is 5.02 Å². The van der Waals surface area contributed by atoms with Crippen LogP contribution in [-0.2, 0) is 11.3 Å². The van der Waals surface area contributed by atoms with E-state index in [0.29, 0.717) is 17.3 Å². The second-order valence-electron chi connectivity index (χ2n) is 5.08. The highest BCUT2D eigenvalue weighted by atomic mass is 35.5. The first-order valence-corrected chi connectivity index (χ1v) is 8.39. The van der Waals surface area contributed by atoms with Gasteiger partial charge >= 0.3 is 0 Å². The van der Waals surface area contributed by atoms with Crippen molar-refractivity contribution in [1.82, 2.24) is 4.90 Å². The van der Waals surface area contributed by atoms with Crippen molar-refractivity contribution in [3.63, 3.8) is 0 Å². The van der Waals surface area contributed by atoms with E-state index in [1.54, 1.807) is 18.9 Å². The third-order valence-corrected chi connectivity index (χ3v) is 5.14. The van der Waals surface area contributed by atoms with E-state index in [-0.39, 0.29) is 11.3 Å². The fraction of sp³-hybridized carbons (Fsp3) is 0.235. The maximum Gasteiger partial charge on any atom is 0.234 e. The third-order valence-electron chi connectivity index (χ3n) is 3.64. The van der Waals surface area contributed by atoms with Crippen molar-refractivity contribution in [3.05, 3.63) is 64.7 Å². The molecule has 1 atom stereocenters. The van der Waals surface area contributed by atoms with Gasteiger partial charge in [-0.05, 0) is 35.4 Å². The Labute approximate surface area is 139 Å². The van der Waals surface area contributed by atoms with Crippen molar-refractivity contribution in [3.8, 4) is 5.75 Å². The molecule has 0 N–H and O–H groups in total. The van der Waals surface area contributed by atoms with E-state index < -0.39 is 0 Å². The predicted molar refractivity (Wildman–Crippen MR) is 90.2 cm³/mol. The standard InChI is InChI=1S/C17H16ClNO2S/c1-21-15-8-2-12(3-9-15)10-19-16(20)11-22-17(19)13-4-6-14(18)7-5-13/h2-9,17H,10-11H2,1H3. The first-order valence-electron chi connectivity index (χ1n) is 6.97. The molecule has 5 heteroatoms. The van der Waals surface area contributed by atoms with Crippen LogP contribution in [0.4, 0.5) is 0 Å². The minimum absolute atomic E-state index is 0.0480. The van der Waals surface area contributed by atoms with E-state index in [2.05, 4.69) is 0 Å². The Bertz CT molecular complexity index is 657. The van der Waals surface area contributed by atoms with Crippen LogP contribution in [0.3, 0.4) is 0 Å². The third kappa shape index (κ3) is 3.23. The number of carbonyl (C=O) groups is 1. The molecule has 1 heterocycles. The number of methoxy groups -OCH3 is 1. The number of nitrogens with zero attached hydrogens (tertiary/aromatic N) is 1. The van der Waals surface area contributed by atoms with Crippen LogP contribution in [0.5, 0.6) is 5.75 Å². The van der Waals surface area contributed by atoms with Gasteiger partial charge in [0.1, 0.15) is 11.1 Å². The Balaban J connectivity index is 1.79. The number of benzene rings is 2. The van der Waals surface area contributed by atoms with Gasteiger partial charge in [0.2, 0.25) is 5.91 Å². The monoisotopic (exact) mass is 333 g/mol. The van der Waals surface area contributed by atoms with Crippen molar-refractivity contribution in [2.75, 3.05) is 12.9 Å². The van der Waals surface area contributed by atoms with Crippen LogP contribution in [0.25, 0.3) is 0 Å². The van der Waals surface area contributed by atoms with Gasteiger partial charge in [-0.15, -0.1) is 11.8 Å². The van der Waals surface area contributed by atoms with Gasteiger partial charge in [0, 0.05) is 11.6 Å². The van der Waals surface area contributed by atoms with Crippen LogP contribution in [-0.4, -0.2) is 23.7 Å². The molecule has 22 heavy (non-hydrogen) atoms. The Morgan fingerprint density at radius 3 is 2.50 bits per heavy atom. The van der Waals surface area contributed by atoms with Gasteiger partial charge in [0.15, 0.2) is 0 Å². The fourth-order valence-electron chi connectivity index (χ4n) is 2.46. The summed E-state index contributed by atoms with van der Waals surface area (Å²) in [6.45, 7) is 0.600. The molecular formula is C17H16ClNO2S. The average molecular weight is 334 g/mol. The zero-order valence-electron chi connectivity index (χ0n) is 12.2. The maximum atomic E-state index is 12.2. The summed E-state index contributed by atoms with van der Waals surface area (Å²) in [5, 5.41) is 0.756. The van der Waals surface area contributed by atoms with Crippen molar-refractivity contribution >= 4 is 29.3 Å². The van der Waals surface area contributed by atoms with E-state index in [1.807, 2.05) is 53.4 Å². The van der Waals surface area contributed by atoms with E-state index in [9.17, 15) is 4.79 Å². The molecule has 114 valence electrons. The molecule has 0 radical (unpaired) electrons. The number of thioether (sulfide) groups is 1. The summed E-state index contributed by atoms with van der Waals surface area (Å²) in [6, 6.07) is 15.5. The van der Waals surface area contributed by atoms with Crippen LogP contribution < -0.4 is 4.74 Å². The second kappa shape index (κ2) is 6.63. The topological polar surface area (TPSA) is 29.5 Å². The summed E-state index contributed by atoms with van der Waals surface area (Å²) in [4.78, 5) is 14.1. The van der Waals surface area contributed by atoms with Crippen LogP contribution in [0.15, 0.2) is 48.5 Å². The van der Waals surface area contributed by atoms with Gasteiger partial charge in [-0.2, -0.15) is 0 Å². The highest BCUT2D eigenvalue weighted by Crippen LogP contribution is 2.39. The van der Waals surface area contributed by atoms with Crippen molar-refractivity contribution in [2.45, 2.75) is 11.9 Å². The Hall–Kier alpha value is -1.65. The minimum atomic E-state index is 0.0480. The number of amides is 1. The molecule has 1 fully saturated rings. The average Bonchev–Trinajstić information content (AvgIpc) is 2.90. The van der Waals surface area contributed by atoms with Crippen LogP contribution in [0, 0.1) is 0 Å². The normalized spacial score (nSPS) is 17.8. The largest absolute Gasteiger partial charge is 0.497 e. The number of hydrogen-bond donors (Lipinski definition) is 0. The number of halogens is 1. The highest BCUT2D eigenvalue weighted by molar-refractivity contribution is 8.00. The molecule has 1 aliphatic rings. The lowest BCUT2D eigenvalue weighted by atomic mass is 10.1. The lowest BCUT2D eigenvalue weighted by Gasteiger charge is -2.24. The van der Waals surface area contributed by atoms with Gasteiger partial charge in [0.25, 0.3) is 0 Å².